The molecule has 0 amide bonds. The van der Waals surface area contributed by atoms with Gasteiger partial charge in [-0.3, -0.25) is 4.99 Å². The van der Waals surface area contributed by atoms with Crippen LogP contribution in [-0.2, 0) is 0 Å². The zero-order valence-corrected chi connectivity index (χ0v) is 18.4. The zero-order valence-electron chi connectivity index (χ0n) is 18.4. The lowest BCUT2D eigenvalue weighted by atomic mass is 9.90. The van der Waals surface area contributed by atoms with Crippen LogP contribution in [0, 0.1) is 12.8 Å². The molecule has 1 atom stereocenters. The fraction of sp³-hybridized carbons (Fsp3) is 0.296. The second-order valence-electron chi connectivity index (χ2n) is 6.94. The van der Waals surface area contributed by atoms with E-state index >= 15 is 0 Å². The third kappa shape index (κ3) is 7.15. The molecule has 1 heteroatoms. The predicted molar refractivity (Wildman–Crippen MR) is 127 cm³/mol. The van der Waals surface area contributed by atoms with E-state index in [2.05, 4.69) is 95.0 Å². The first-order valence-corrected chi connectivity index (χ1v) is 10.0. The van der Waals surface area contributed by atoms with Gasteiger partial charge in [0.05, 0.1) is 5.69 Å². The zero-order chi connectivity index (χ0) is 20.9. The van der Waals surface area contributed by atoms with E-state index < -0.39 is 0 Å². The molecule has 0 N–H and O–H groups in total. The predicted octanol–water partition coefficient (Wildman–Crippen LogP) is 8.25. The van der Waals surface area contributed by atoms with Crippen LogP contribution in [0.15, 0.2) is 101 Å². The van der Waals surface area contributed by atoms with Crippen molar-refractivity contribution in [2.24, 2.45) is 10.9 Å². The Balaban J connectivity index is 3.49. The summed E-state index contributed by atoms with van der Waals surface area (Å²) in [5.74, 6) is 0.337. The third-order valence-electron chi connectivity index (χ3n) is 4.64. The van der Waals surface area contributed by atoms with Crippen molar-refractivity contribution in [2.75, 3.05) is 0 Å². The number of aliphatic imine (C=N–C) groups is 1. The van der Waals surface area contributed by atoms with Gasteiger partial charge < -0.3 is 0 Å². The Morgan fingerprint density at radius 3 is 2.32 bits per heavy atom. The monoisotopic (exact) mass is 373 g/mol. The standard InChI is InChI=1S/C27H35N/c1-8-12-18-24(16-10-3)23(7)20-27(25(11-4)21(5)15-9-2)28-26-19-14-13-17-22(26)6/h8-19,23H,4,20H2,1-3,5-7H3/b12-8+,15-9-,16-10-,24-18+,25-21+,28-27?. The van der Waals surface area contributed by atoms with Crippen molar-refractivity contribution in [3.05, 3.63) is 102 Å². The summed E-state index contributed by atoms with van der Waals surface area (Å²) in [5, 5.41) is 0. The Morgan fingerprint density at radius 1 is 1.07 bits per heavy atom. The highest BCUT2D eigenvalue weighted by molar-refractivity contribution is 6.05. The summed E-state index contributed by atoms with van der Waals surface area (Å²) in [6, 6.07) is 8.28. The molecule has 28 heavy (non-hydrogen) atoms. The Bertz CT molecular complexity index is 826. The minimum absolute atomic E-state index is 0.337. The highest BCUT2D eigenvalue weighted by Gasteiger charge is 2.14. The highest BCUT2D eigenvalue weighted by atomic mass is 14.8. The SMILES string of the molecule is C=C/C(C(CC(C)C(/C=C\C)=C/C=C/C)=Nc1ccccc1C)=C(C)\C=C/C. The summed E-state index contributed by atoms with van der Waals surface area (Å²) in [5.41, 5.74) is 6.86. The lowest BCUT2D eigenvalue weighted by Gasteiger charge is -2.17. The van der Waals surface area contributed by atoms with Crippen molar-refractivity contribution in [2.45, 2.75) is 48.0 Å². The number of para-hydroxylation sites is 1. The van der Waals surface area contributed by atoms with E-state index in [1.54, 1.807) is 0 Å². The molecule has 0 aromatic heterocycles. The number of aryl methyl sites for hydroxylation is 1. The molecule has 0 radical (unpaired) electrons. The normalized spacial score (nSPS) is 15.5. The Labute approximate surface area is 172 Å². The van der Waals surface area contributed by atoms with Crippen LogP contribution in [0.25, 0.3) is 0 Å². The second-order valence-corrected chi connectivity index (χ2v) is 6.94. The van der Waals surface area contributed by atoms with Crippen molar-refractivity contribution in [3.8, 4) is 0 Å². The fourth-order valence-electron chi connectivity index (χ4n) is 3.09. The molecule has 0 bridgehead atoms. The van der Waals surface area contributed by atoms with E-state index in [4.69, 9.17) is 4.99 Å². The Kier molecular flexibility index (Phi) is 10.6. The van der Waals surface area contributed by atoms with Crippen LogP contribution in [0.1, 0.15) is 46.6 Å². The first kappa shape index (κ1) is 23.4. The number of rotatable bonds is 9. The van der Waals surface area contributed by atoms with Crippen LogP contribution in [0.2, 0.25) is 0 Å². The molecular formula is C27H35N. The van der Waals surface area contributed by atoms with E-state index in [0.717, 1.165) is 23.4 Å². The van der Waals surface area contributed by atoms with Gasteiger partial charge in [0.2, 0.25) is 0 Å². The van der Waals surface area contributed by atoms with Gasteiger partial charge in [0, 0.05) is 5.71 Å². The van der Waals surface area contributed by atoms with Gasteiger partial charge in [0.25, 0.3) is 0 Å². The molecule has 0 aliphatic heterocycles. The molecule has 1 nitrogen and oxygen atoms in total. The quantitative estimate of drug-likeness (QED) is 0.305. The molecule has 1 unspecified atom stereocenters. The maximum Gasteiger partial charge on any atom is 0.0662 e. The topological polar surface area (TPSA) is 12.4 Å². The van der Waals surface area contributed by atoms with Gasteiger partial charge in [-0.15, -0.1) is 0 Å². The van der Waals surface area contributed by atoms with Crippen LogP contribution in [0.5, 0.6) is 0 Å². The number of hydrogen-bond donors (Lipinski definition) is 0. The first-order valence-electron chi connectivity index (χ1n) is 10.0. The van der Waals surface area contributed by atoms with Crippen LogP contribution in [0.3, 0.4) is 0 Å². The summed E-state index contributed by atoms with van der Waals surface area (Å²) in [6.07, 6.45) is 17.6. The summed E-state index contributed by atoms with van der Waals surface area (Å²) < 4.78 is 0. The maximum absolute atomic E-state index is 5.08. The van der Waals surface area contributed by atoms with Crippen LogP contribution < -0.4 is 0 Å². The van der Waals surface area contributed by atoms with Crippen molar-refractivity contribution in [1.82, 2.24) is 0 Å². The van der Waals surface area contributed by atoms with E-state index in [0.29, 0.717) is 5.92 Å². The molecular weight excluding hydrogens is 338 g/mol. The lowest BCUT2D eigenvalue weighted by Crippen LogP contribution is -2.10. The summed E-state index contributed by atoms with van der Waals surface area (Å²) >= 11 is 0. The molecule has 1 aromatic rings. The number of nitrogens with zero attached hydrogens (tertiary/aromatic N) is 1. The van der Waals surface area contributed by atoms with Crippen LogP contribution >= 0.6 is 0 Å². The van der Waals surface area contributed by atoms with Gasteiger partial charge >= 0.3 is 0 Å². The molecule has 0 saturated heterocycles. The van der Waals surface area contributed by atoms with Crippen molar-refractivity contribution in [1.29, 1.82) is 0 Å². The third-order valence-corrected chi connectivity index (χ3v) is 4.64. The Morgan fingerprint density at radius 2 is 1.75 bits per heavy atom. The largest absolute Gasteiger partial charge is 0.253 e. The van der Waals surface area contributed by atoms with Crippen molar-refractivity contribution >= 4 is 11.4 Å². The average molecular weight is 374 g/mol. The molecule has 148 valence electrons. The molecule has 0 saturated carbocycles. The number of benzene rings is 1. The lowest BCUT2D eigenvalue weighted by molar-refractivity contribution is 0.734. The minimum atomic E-state index is 0.337. The van der Waals surface area contributed by atoms with Gasteiger partial charge in [0.15, 0.2) is 0 Å². The van der Waals surface area contributed by atoms with Gasteiger partial charge in [-0.1, -0.05) is 80.3 Å². The molecule has 0 fully saturated rings. The maximum atomic E-state index is 5.08. The summed E-state index contributed by atoms with van der Waals surface area (Å²) in [6.45, 7) is 16.7. The first-order chi connectivity index (χ1) is 13.5. The van der Waals surface area contributed by atoms with E-state index in [-0.39, 0.29) is 0 Å². The summed E-state index contributed by atoms with van der Waals surface area (Å²) in [4.78, 5) is 5.08. The van der Waals surface area contributed by atoms with Crippen molar-refractivity contribution < 1.29 is 0 Å². The molecule has 1 rings (SSSR count). The molecule has 0 heterocycles. The van der Waals surface area contributed by atoms with E-state index in [1.807, 2.05) is 26.0 Å². The smallest absolute Gasteiger partial charge is 0.0662 e. The van der Waals surface area contributed by atoms with Gasteiger partial charge in [-0.25, -0.2) is 0 Å². The molecule has 0 spiro atoms. The summed E-state index contributed by atoms with van der Waals surface area (Å²) in [7, 11) is 0. The molecule has 0 aliphatic rings. The van der Waals surface area contributed by atoms with E-state index in [9.17, 15) is 0 Å². The fourth-order valence-corrected chi connectivity index (χ4v) is 3.09. The Hall–Kier alpha value is -2.67. The molecule has 0 aliphatic carbocycles. The van der Waals surface area contributed by atoms with Crippen LogP contribution in [0.4, 0.5) is 5.69 Å². The van der Waals surface area contributed by atoms with Crippen LogP contribution in [-0.4, -0.2) is 5.71 Å². The van der Waals surface area contributed by atoms with Crippen molar-refractivity contribution in [3.63, 3.8) is 0 Å². The van der Waals surface area contributed by atoms with E-state index in [1.165, 1.54) is 16.7 Å². The molecule has 1 aromatic carbocycles. The van der Waals surface area contributed by atoms with Gasteiger partial charge in [0.1, 0.15) is 0 Å². The van der Waals surface area contributed by atoms with Gasteiger partial charge in [-0.05, 0) is 75.3 Å². The minimum Gasteiger partial charge on any atom is -0.253 e. The second kappa shape index (κ2) is 12.7. The highest BCUT2D eigenvalue weighted by Crippen LogP contribution is 2.26. The number of hydrogen-bond acceptors (Lipinski definition) is 1. The average Bonchev–Trinajstić information content (AvgIpc) is 2.67. The number of allylic oxidation sites excluding steroid dienone is 11. The van der Waals surface area contributed by atoms with Gasteiger partial charge in [-0.2, -0.15) is 0 Å².